The summed E-state index contributed by atoms with van der Waals surface area (Å²) in [5.41, 5.74) is 0. The molecule has 0 amide bonds. The number of rotatable bonds is 3. The van der Waals surface area contributed by atoms with Gasteiger partial charge in [0.2, 0.25) is 0 Å². The van der Waals surface area contributed by atoms with Gasteiger partial charge in [0.25, 0.3) is 0 Å². The van der Waals surface area contributed by atoms with Crippen molar-refractivity contribution in [2.75, 3.05) is 26.2 Å². The fraction of sp³-hybridized carbons (Fsp3) is 0.400. The number of piperazine rings is 1. The maximum atomic E-state index is 9.05. The third kappa shape index (κ3) is 3.80. The van der Waals surface area contributed by atoms with Crippen LogP contribution >= 0.6 is 0 Å². The first-order valence-electron chi connectivity index (χ1n) is 4.47. The Morgan fingerprint density at radius 2 is 2.08 bits per heavy atom. The first kappa shape index (κ1) is 9.86. The van der Waals surface area contributed by atoms with Crippen LogP contribution in [0.25, 0.3) is 0 Å². The Bertz CT molecular complexity index is 215. The van der Waals surface area contributed by atoms with E-state index in [1.165, 1.54) is 6.08 Å². The summed E-state index contributed by atoms with van der Waals surface area (Å²) >= 11 is 0. The molecule has 0 radical (unpaired) electrons. The molecule has 13 heavy (non-hydrogen) atoms. The van der Waals surface area contributed by atoms with Gasteiger partial charge in [-0.25, -0.2) is 0 Å². The van der Waals surface area contributed by atoms with Gasteiger partial charge in [0.15, 0.2) is 0 Å². The van der Waals surface area contributed by atoms with Gasteiger partial charge in [-0.2, -0.15) is 0 Å². The number of nitrogens with one attached hydrogen (secondary N) is 1. The molecule has 1 rings (SSSR count). The van der Waals surface area contributed by atoms with Crippen molar-refractivity contribution in [3.8, 4) is 0 Å². The number of hydrogen-bond donors (Lipinski definition) is 2. The molecule has 1 heterocycles. The second kappa shape index (κ2) is 5.43. The van der Waals surface area contributed by atoms with E-state index in [1.807, 2.05) is 12.3 Å². The Balaban J connectivity index is 2.33. The third-order valence-corrected chi connectivity index (χ3v) is 1.92. The SMILES string of the molecule is C=C/C(O)=C\C=C\N1CCNCC1. The van der Waals surface area contributed by atoms with E-state index in [9.17, 15) is 0 Å². The second-order valence-electron chi connectivity index (χ2n) is 2.92. The van der Waals surface area contributed by atoms with Gasteiger partial charge in [-0.15, -0.1) is 0 Å². The fourth-order valence-electron chi connectivity index (χ4n) is 1.16. The van der Waals surface area contributed by atoms with Crippen molar-refractivity contribution in [3.63, 3.8) is 0 Å². The van der Waals surface area contributed by atoms with Gasteiger partial charge in [0.05, 0.1) is 0 Å². The van der Waals surface area contributed by atoms with Crippen molar-refractivity contribution < 1.29 is 5.11 Å². The Morgan fingerprint density at radius 3 is 2.69 bits per heavy atom. The molecular weight excluding hydrogens is 164 g/mol. The zero-order chi connectivity index (χ0) is 9.52. The fourth-order valence-corrected chi connectivity index (χ4v) is 1.16. The highest BCUT2D eigenvalue weighted by atomic mass is 16.3. The standard InChI is InChI=1S/C10H16N2O/c1-2-10(13)4-3-7-12-8-5-11-6-9-12/h2-4,7,11,13H,1,5-6,8-9H2/b7-3+,10-4+. The molecule has 1 saturated heterocycles. The van der Waals surface area contributed by atoms with Crippen LogP contribution in [0.15, 0.2) is 36.8 Å². The van der Waals surface area contributed by atoms with E-state index in [1.54, 1.807) is 6.08 Å². The summed E-state index contributed by atoms with van der Waals surface area (Å²) in [7, 11) is 0. The molecule has 0 spiro atoms. The lowest BCUT2D eigenvalue weighted by atomic mass is 10.3. The summed E-state index contributed by atoms with van der Waals surface area (Å²) in [5, 5.41) is 12.3. The number of nitrogens with zero attached hydrogens (tertiary/aromatic N) is 1. The number of aliphatic hydroxyl groups excluding tert-OH is 1. The largest absolute Gasteiger partial charge is 0.508 e. The Labute approximate surface area is 79.1 Å². The molecule has 3 heteroatoms. The zero-order valence-corrected chi connectivity index (χ0v) is 7.74. The lowest BCUT2D eigenvalue weighted by Gasteiger charge is -2.25. The van der Waals surface area contributed by atoms with E-state index in [4.69, 9.17) is 5.11 Å². The maximum absolute atomic E-state index is 9.05. The highest BCUT2D eigenvalue weighted by Crippen LogP contribution is 1.95. The van der Waals surface area contributed by atoms with Crippen LogP contribution in [0.5, 0.6) is 0 Å². The average molecular weight is 180 g/mol. The molecule has 2 N–H and O–H groups in total. The maximum Gasteiger partial charge on any atom is 0.115 e. The summed E-state index contributed by atoms with van der Waals surface area (Å²) in [6.07, 6.45) is 6.88. The Kier molecular flexibility index (Phi) is 4.12. The Morgan fingerprint density at radius 1 is 1.38 bits per heavy atom. The summed E-state index contributed by atoms with van der Waals surface area (Å²) in [5.74, 6) is 0.200. The van der Waals surface area contributed by atoms with Crippen molar-refractivity contribution in [1.82, 2.24) is 10.2 Å². The molecule has 0 aliphatic carbocycles. The van der Waals surface area contributed by atoms with E-state index in [0.717, 1.165) is 26.2 Å². The van der Waals surface area contributed by atoms with Crippen LogP contribution in [0.1, 0.15) is 0 Å². The molecule has 1 aliphatic heterocycles. The molecule has 0 aromatic rings. The summed E-state index contributed by atoms with van der Waals surface area (Å²) in [4.78, 5) is 2.21. The number of hydrogen-bond acceptors (Lipinski definition) is 3. The van der Waals surface area contributed by atoms with Crippen LogP contribution in [-0.2, 0) is 0 Å². The molecule has 0 atom stereocenters. The summed E-state index contributed by atoms with van der Waals surface area (Å²) in [6.45, 7) is 7.56. The van der Waals surface area contributed by atoms with Crippen molar-refractivity contribution in [1.29, 1.82) is 0 Å². The van der Waals surface area contributed by atoms with Crippen LogP contribution in [-0.4, -0.2) is 36.2 Å². The third-order valence-electron chi connectivity index (χ3n) is 1.92. The monoisotopic (exact) mass is 180 g/mol. The van der Waals surface area contributed by atoms with Gasteiger partial charge in [-0.05, 0) is 24.4 Å². The zero-order valence-electron chi connectivity index (χ0n) is 7.74. The Hall–Kier alpha value is -1.22. The molecule has 0 aromatic carbocycles. The van der Waals surface area contributed by atoms with E-state index < -0.39 is 0 Å². The lowest BCUT2D eigenvalue weighted by Crippen LogP contribution is -2.40. The highest BCUT2D eigenvalue weighted by Gasteiger charge is 2.02. The van der Waals surface area contributed by atoms with Gasteiger partial charge >= 0.3 is 0 Å². The minimum absolute atomic E-state index is 0.200. The van der Waals surface area contributed by atoms with Gasteiger partial charge in [0, 0.05) is 26.2 Å². The van der Waals surface area contributed by atoms with Crippen LogP contribution in [0.4, 0.5) is 0 Å². The van der Waals surface area contributed by atoms with Crippen LogP contribution in [0.2, 0.25) is 0 Å². The molecule has 1 fully saturated rings. The molecule has 72 valence electrons. The van der Waals surface area contributed by atoms with E-state index in [-0.39, 0.29) is 5.76 Å². The first-order valence-corrected chi connectivity index (χ1v) is 4.47. The molecule has 0 bridgehead atoms. The van der Waals surface area contributed by atoms with Crippen molar-refractivity contribution in [3.05, 3.63) is 36.8 Å². The lowest BCUT2D eigenvalue weighted by molar-refractivity contribution is 0.324. The van der Waals surface area contributed by atoms with Gasteiger partial charge < -0.3 is 15.3 Å². The van der Waals surface area contributed by atoms with Crippen molar-refractivity contribution >= 4 is 0 Å². The smallest absolute Gasteiger partial charge is 0.115 e. The molecule has 0 saturated carbocycles. The molecular formula is C10H16N2O. The van der Waals surface area contributed by atoms with E-state index >= 15 is 0 Å². The van der Waals surface area contributed by atoms with Crippen LogP contribution in [0.3, 0.4) is 0 Å². The normalized spacial score (nSPS) is 19.4. The van der Waals surface area contributed by atoms with Gasteiger partial charge in [-0.3, -0.25) is 0 Å². The van der Waals surface area contributed by atoms with Crippen molar-refractivity contribution in [2.45, 2.75) is 0 Å². The first-order chi connectivity index (χ1) is 6.33. The molecule has 1 aliphatic rings. The predicted molar refractivity (Wildman–Crippen MR) is 54.5 cm³/mol. The predicted octanol–water partition coefficient (Wildman–Crippen LogP) is 1.03. The topological polar surface area (TPSA) is 35.5 Å². The minimum atomic E-state index is 0.200. The minimum Gasteiger partial charge on any atom is -0.508 e. The molecule has 3 nitrogen and oxygen atoms in total. The van der Waals surface area contributed by atoms with E-state index in [0.29, 0.717) is 0 Å². The summed E-state index contributed by atoms with van der Waals surface area (Å²) in [6, 6.07) is 0. The number of allylic oxidation sites excluding steroid dienone is 3. The van der Waals surface area contributed by atoms with Crippen molar-refractivity contribution in [2.24, 2.45) is 0 Å². The number of aliphatic hydroxyl groups is 1. The highest BCUT2D eigenvalue weighted by molar-refractivity contribution is 5.14. The van der Waals surface area contributed by atoms with E-state index in [2.05, 4.69) is 16.8 Å². The second-order valence-corrected chi connectivity index (χ2v) is 2.92. The summed E-state index contributed by atoms with van der Waals surface area (Å²) < 4.78 is 0. The quantitative estimate of drug-likeness (QED) is 0.503. The van der Waals surface area contributed by atoms with Crippen LogP contribution < -0.4 is 5.32 Å². The van der Waals surface area contributed by atoms with Gasteiger partial charge in [-0.1, -0.05) is 6.58 Å². The molecule has 0 aromatic heterocycles. The average Bonchev–Trinajstić information content (AvgIpc) is 2.19. The van der Waals surface area contributed by atoms with Crippen LogP contribution in [0, 0.1) is 0 Å². The molecule has 0 unspecified atom stereocenters. The van der Waals surface area contributed by atoms with Gasteiger partial charge in [0.1, 0.15) is 5.76 Å².